The lowest BCUT2D eigenvalue weighted by molar-refractivity contribution is 0.0683. The van der Waals surface area contributed by atoms with E-state index in [1.165, 1.54) is 0 Å². The molecule has 1 saturated heterocycles. The second-order valence-corrected chi connectivity index (χ2v) is 7.98. The summed E-state index contributed by atoms with van der Waals surface area (Å²) in [6, 6.07) is 15.2. The van der Waals surface area contributed by atoms with E-state index in [0.29, 0.717) is 17.0 Å². The summed E-state index contributed by atoms with van der Waals surface area (Å²) < 4.78 is 2.26. The smallest absolute Gasteiger partial charge is 0.253 e. The molecule has 1 amide bonds. The zero-order valence-electron chi connectivity index (χ0n) is 17.0. The maximum Gasteiger partial charge on any atom is 0.253 e. The lowest BCUT2D eigenvalue weighted by Gasteiger charge is -2.32. The molecule has 1 aromatic carbocycles. The van der Waals surface area contributed by atoms with Gasteiger partial charge < -0.3 is 9.47 Å². The van der Waals surface area contributed by atoms with Crippen molar-refractivity contribution in [3.63, 3.8) is 0 Å². The van der Waals surface area contributed by atoms with Gasteiger partial charge in [0, 0.05) is 43.2 Å². The van der Waals surface area contributed by atoms with Crippen LogP contribution >= 0.6 is 0 Å². The molecule has 1 aliphatic heterocycles. The molecule has 0 bridgehead atoms. The number of carbonyl (C=O) groups excluding carboxylic acids is 1. The van der Waals surface area contributed by atoms with Crippen molar-refractivity contribution in [2.24, 2.45) is 5.92 Å². The molecule has 0 atom stereocenters. The molecule has 1 N–H and O–H groups in total. The highest BCUT2D eigenvalue weighted by Crippen LogP contribution is 2.25. The lowest BCUT2D eigenvalue weighted by Crippen LogP contribution is -2.39. The highest BCUT2D eigenvalue weighted by molar-refractivity contribution is 5.94. The van der Waals surface area contributed by atoms with Gasteiger partial charge in [-0.3, -0.25) is 9.89 Å². The number of benzene rings is 1. The second kappa shape index (κ2) is 8.07. The minimum Gasteiger partial charge on any atom is -0.346 e. The van der Waals surface area contributed by atoms with Gasteiger partial charge in [0.1, 0.15) is 0 Å². The quantitative estimate of drug-likeness (QED) is 0.553. The van der Waals surface area contributed by atoms with Crippen molar-refractivity contribution in [3.8, 4) is 17.3 Å². The topological polar surface area (TPSA) is 90.6 Å². The highest BCUT2D eigenvalue weighted by Gasteiger charge is 2.24. The number of H-pyrrole nitrogens is 1. The molecule has 7 nitrogen and oxygen atoms in total. The number of likely N-dealkylation sites (tertiary alicyclic amines) is 1. The summed E-state index contributed by atoms with van der Waals surface area (Å²) in [7, 11) is 0. The molecule has 7 heteroatoms. The number of nitrogens with zero attached hydrogens (tertiary/aromatic N) is 5. The van der Waals surface area contributed by atoms with E-state index in [1.54, 1.807) is 30.5 Å². The summed E-state index contributed by atoms with van der Waals surface area (Å²) in [6.45, 7) is 2.40. The largest absolute Gasteiger partial charge is 0.346 e. The number of aromatic nitrogens is 4. The minimum absolute atomic E-state index is 0.0120. The van der Waals surface area contributed by atoms with Crippen LogP contribution in [0.3, 0.4) is 0 Å². The van der Waals surface area contributed by atoms with Gasteiger partial charge >= 0.3 is 0 Å². The molecule has 0 radical (unpaired) electrons. The van der Waals surface area contributed by atoms with E-state index >= 15 is 0 Å². The van der Waals surface area contributed by atoms with Gasteiger partial charge in [0.15, 0.2) is 0 Å². The highest BCUT2D eigenvalue weighted by atomic mass is 16.2. The summed E-state index contributed by atoms with van der Waals surface area (Å²) >= 11 is 0. The number of nitriles is 1. The standard InChI is InChI=1S/C24H22N6O/c25-13-18-2-1-3-19(12-18)24(31)29-9-6-17(7-10-29)16-30-11-8-22-23(30)5-4-21(28-22)20-14-26-27-15-20/h1-5,8,11-12,14-15,17H,6-7,9-10,16H2,(H,26,27). The zero-order chi connectivity index (χ0) is 21.2. The second-order valence-electron chi connectivity index (χ2n) is 7.98. The number of nitrogens with one attached hydrogen (secondary N) is 1. The van der Waals surface area contributed by atoms with Gasteiger partial charge in [-0.1, -0.05) is 6.07 Å². The molecular formula is C24H22N6O. The molecular weight excluding hydrogens is 388 g/mol. The maximum atomic E-state index is 12.8. The Bertz CT molecular complexity index is 1260. The van der Waals surface area contributed by atoms with E-state index in [2.05, 4.69) is 39.2 Å². The van der Waals surface area contributed by atoms with Crippen LogP contribution in [-0.2, 0) is 6.54 Å². The van der Waals surface area contributed by atoms with Crippen LogP contribution in [0.1, 0.15) is 28.8 Å². The molecule has 5 rings (SSSR count). The molecule has 1 aliphatic rings. The van der Waals surface area contributed by atoms with E-state index in [0.717, 1.165) is 54.8 Å². The van der Waals surface area contributed by atoms with Crippen LogP contribution in [0.5, 0.6) is 0 Å². The van der Waals surface area contributed by atoms with Gasteiger partial charge in [0.2, 0.25) is 0 Å². The Morgan fingerprint density at radius 1 is 1.19 bits per heavy atom. The fourth-order valence-electron chi connectivity index (χ4n) is 4.29. The molecule has 4 heterocycles. The summed E-state index contributed by atoms with van der Waals surface area (Å²) in [5.74, 6) is 0.525. The third kappa shape index (κ3) is 3.80. The van der Waals surface area contributed by atoms with E-state index in [1.807, 2.05) is 17.2 Å². The number of hydrogen-bond acceptors (Lipinski definition) is 4. The molecule has 4 aromatic rings. The zero-order valence-corrected chi connectivity index (χ0v) is 17.0. The van der Waals surface area contributed by atoms with Crippen molar-refractivity contribution in [2.45, 2.75) is 19.4 Å². The Morgan fingerprint density at radius 3 is 2.84 bits per heavy atom. The SMILES string of the molecule is N#Cc1cccc(C(=O)N2CCC(Cn3ccc4nc(-c5cn[nH]c5)ccc43)CC2)c1. The first-order valence-corrected chi connectivity index (χ1v) is 10.5. The average Bonchev–Trinajstić information content (AvgIpc) is 3.49. The lowest BCUT2D eigenvalue weighted by atomic mass is 9.96. The van der Waals surface area contributed by atoms with E-state index in [-0.39, 0.29) is 5.91 Å². The molecule has 31 heavy (non-hydrogen) atoms. The van der Waals surface area contributed by atoms with Crippen molar-refractivity contribution in [1.29, 1.82) is 5.26 Å². The third-order valence-corrected chi connectivity index (χ3v) is 6.01. The van der Waals surface area contributed by atoms with Crippen LogP contribution in [0.2, 0.25) is 0 Å². The summed E-state index contributed by atoms with van der Waals surface area (Å²) in [6.07, 6.45) is 7.64. The van der Waals surface area contributed by atoms with Gasteiger partial charge in [-0.25, -0.2) is 4.98 Å². The van der Waals surface area contributed by atoms with E-state index in [9.17, 15) is 4.79 Å². The van der Waals surface area contributed by atoms with Crippen LogP contribution < -0.4 is 0 Å². The first kappa shape index (κ1) is 19.1. The number of piperidine rings is 1. The van der Waals surface area contributed by atoms with Gasteiger partial charge in [-0.2, -0.15) is 10.4 Å². The number of rotatable bonds is 4. The summed E-state index contributed by atoms with van der Waals surface area (Å²) in [5, 5.41) is 15.9. The Morgan fingerprint density at radius 2 is 2.06 bits per heavy atom. The monoisotopic (exact) mass is 410 g/mol. The van der Waals surface area contributed by atoms with E-state index < -0.39 is 0 Å². The van der Waals surface area contributed by atoms with Crippen molar-refractivity contribution >= 4 is 16.9 Å². The van der Waals surface area contributed by atoms with Crippen LogP contribution in [-0.4, -0.2) is 43.6 Å². The van der Waals surface area contributed by atoms with Gasteiger partial charge in [0.05, 0.1) is 34.6 Å². The van der Waals surface area contributed by atoms with E-state index in [4.69, 9.17) is 10.2 Å². The number of pyridine rings is 1. The van der Waals surface area contributed by atoms with Gasteiger partial charge in [-0.05, 0) is 55.2 Å². The Hall–Kier alpha value is -3.92. The first-order chi connectivity index (χ1) is 15.2. The van der Waals surface area contributed by atoms with Crippen LogP contribution in [0.25, 0.3) is 22.3 Å². The van der Waals surface area contributed by atoms with Crippen molar-refractivity contribution in [1.82, 2.24) is 24.6 Å². The van der Waals surface area contributed by atoms with Crippen molar-refractivity contribution in [2.75, 3.05) is 13.1 Å². The Labute approximate surface area is 179 Å². The van der Waals surface area contributed by atoms with Gasteiger partial charge in [0.25, 0.3) is 5.91 Å². The fraction of sp³-hybridized carbons (Fsp3) is 0.250. The molecule has 154 valence electrons. The van der Waals surface area contributed by atoms with Crippen LogP contribution in [0.4, 0.5) is 0 Å². The van der Waals surface area contributed by atoms with Crippen LogP contribution in [0.15, 0.2) is 61.1 Å². The summed E-state index contributed by atoms with van der Waals surface area (Å²) in [5.41, 5.74) is 5.10. The maximum absolute atomic E-state index is 12.8. The number of fused-ring (bicyclic) bond motifs is 1. The van der Waals surface area contributed by atoms with Gasteiger partial charge in [-0.15, -0.1) is 0 Å². The Balaban J connectivity index is 1.24. The predicted molar refractivity (Wildman–Crippen MR) is 117 cm³/mol. The first-order valence-electron chi connectivity index (χ1n) is 10.5. The van der Waals surface area contributed by atoms with Crippen LogP contribution in [0, 0.1) is 17.2 Å². The molecule has 0 aliphatic carbocycles. The molecule has 0 unspecified atom stereocenters. The number of aromatic amines is 1. The number of amides is 1. The van der Waals surface area contributed by atoms with Crippen molar-refractivity contribution < 1.29 is 4.79 Å². The Kier molecular flexibility index (Phi) is 4.97. The summed E-state index contributed by atoms with van der Waals surface area (Å²) in [4.78, 5) is 19.5. The third-order valence-electron chi connectivity index (χ3n) is 6.01. The molecule has 0 saturated carbocycles. The van der Waals surface area contributed by atoms with Crippen molar-refractivity contribution in [3.05, 3.63) is 72.2 Å². The average molecular weight is 410 g/mol. The normalized spacial score (nSPS) is 14.6. The number of hydrogen-bond donors (Lipinski definition) is 1. The predicted octanol–water partition coefficient (Wildman–Crippen LogP) is 3.85. The molecule has 0 spiro atoms. The molecule has 1 fully saturated rings. The fourth-order valence-corrected chi connectivity index (χ4v) is 4.29. The number of carbonyl (C=O) groups is 1. The molecule has 3 aromatic heterocycles. The minimum atomic E-state index is 0.0120.